The molecule has 1 saturated heterocycles. The number of carboxylic acid groups (broad SMARTS) is 1. The van der Waals surface area contributed by atoms with Crippen molar-refractivity contribution in [1.82, 2.24) is 10.2 Å². The molecule has 2 amide bonds. The van der Waals surface area contributed by atoms with Crippen molar-refractivity contribution in [2.24, 2.45) is 5.73 Å². The number of allylic oxidation sites excluding steroid dienone is 1. The van der Waals surface area contributed by atoms with Crippen LogP contribution in [0.4, 0.5) is 0 Å². The smallest absolute Gasteiger partial charge is 0.353 e. The van der Waals surface area contributed by atoms with E-state index in [4.69, 9.17) is 32.3 Å². The van der Waals surface area contributed by atoms with E-state index in [-0.39, 0.29) is 33.7 Å². The second-order valence-electron chi connectivity index (χ2n) is 10.5. The number of phenolic OH excluding ortho intramolecular Hbond substituents is 2. The second kappa shape index (κ2) is 18.8. The minimum Gasteiger partial charge on any atom is -0.508 e. The van der Waals surface area contributed by atoms with Gasteiger partial charge in [0.1, 0.15) is 29.3 Å². The molecule has 2 aliphatic heterocycles. The zero-order chi connectivity index (χ0) is 35.4. The van der Waals surface area contributed by atoms with Gasteiger partial charge in [-0.25, -0.2) is 14.4 Å². The number of fused-ring (bicyclic) bond motifs is 1. The van der Waals surface area contributed by atoms with Gasteiger partial charge in [0.25, 0.3) is 5.91 Å². The molecule has 3 atom stereocenters. The van der Waals surface area contributed by atoms with E-state index in [1.807, 2.05) is 13.0 Å². The van der Waals surface area contributed by atoms with Crippen LogP contribution in [-0.2, 0) is 23.9 Å². The van der Waals surface area contributed by atoms with E-state index in [9.17, 15) is 29.1 Å². The molecule has 3 aromatic carbocycles. The third-order valence-corrected chi connectivity index (χ3v) is 7.52. The maximum atomic E-state index is 12.3. The lowest BCUT2D eigenvalue weighted by atomic mass is 9.86. The highest BCUT2D eigenvalue weighted by Gasteiger charge is 2.53. The second-order valence-corrected chi connectivity index (χ2v) is 10.9. The van der Waals surface area contributed by atoms with Gasteiger partial charge in [-0.05, 0) is 73.4 Å². The molecule has 0 saturated carbocycles. The summed E-state index contributed by atoms with van der Waals surface area (Å²) in [6.07, 6.45) is 1.66. The van der Waals surface area contributed by atoms with Gasteiger partial charge in [-0.3, -0.25) is 14.5 Å². The highest BCUT2D eigenvalue weighted by Crippen LogP contribution is 2.38. The molecular weight excluding hydrogens is 662 g/mol. The lowest BCUT2D eigenvalue weighted by Gasteiger charge is -2.49. The number of methoxy groups -OCH3 is 1. The van der Waals surface area contributed by atoms with Crippen LogP contribution in [0.5, 0.6) is 11.5 Å². The number of nitrogens with zero attached hydrogens (tertiary/aromatic N) is 1. The molecule has 0 unspecified atom stereocenters. The Hall–Kier alpha value is -5.44. The SMILES string of the molecule is CCCOC(=O)c1ccc(O)cc1.COC(=O)c1ccc(O)cc1.N[C@@H](C(=O)N[C@@H]1C(=O)N2C(C(=O)O)=C(Cl)CC[C@H]12)c1ccccc1.O. The van der Waals surface area contributed by atoms with E-state index >= 15 is 0 Å². The Bertz CT molecular complexity index is 1630. The van der Waals surface area contributed by atoms with Crippen LogP contribution in [0.2, 0.25) is 0 Å². The average Bonchev–Trinajstić information content (AvgIpc) is 3.10. The number of carbonyl (C=O) groups excluding carboxylic acids is 4. The van der Waals surface area contributed by atoms with Crippen LogP contribution in [0.3, 0.4) is 0 Å². The molecule has 14 nitrogen and oxygen atoms in total. The number of benzene rings is 3. The molecule has 262 valence electrons. The quantitative estimate of drug-likeness (QED) is 0.169. The number of rotatable bonds is 8. The number of phenols is 2. The Morgan fingerprint density at radius 2 is 1.47 bits per heavy atom. The first kappa shape index (κ1) is 39.7. The molecule has 49 heavy (non-hydrogen) atoms. The molecule has 8 N–H and O–H groups in total. The molecule has 3 aromatic rings. The molecule has 2 heterocycles. The molecule has 0 bridgehead atoms. The first-order valence-electron chi connectivity index (χ1n) is 14.8. The lowest BCUT2D eigenvalue weighted by molar-refractivity contribution is -0.156. The standard InChI is InChI=1S/C16H16ClN3O4.C10H12O3.C8H8O3.H2O/c17-9-6-7-10-12(15(22)20(10)13(9)16(23)24)19-14(21)11(18)8-4-2-1-3-5-8;1-2-7-13-10(12)8-3-5-9(11)6-4-8;1-11-8(10)6-2-4-7(9)5-3-6;/h1-5,10-12H,6-7,18H2,(H,19,21)(H,23,24);3-6,11H,2,7H2,1H3;2-5,9H,1H3;1H2/t10-,11-,12+;;;/m1.../s1. The van der Waals surface area contributed by atoms with Crippen molar-refractivity contribution in [1.29, 1.82) is 0 Å². The third-order valence-electron chi connectivity index (χ3n) is 7.15. The van der Waals surface area contributed by atoms with Gasteiger partial charge in [0, 0.05) is 5.03 Å². The summed E-state index contributed by atoms with van der Waals surface area (Å²) in [5, 5.41) is 29.8. The highest BCUT2D eigenvalue weighted by molar-refractivity contribution is 6.32. The number of halogens is 1. The fourth-order valence-corrected chi connectivity index (χ4v) is 4.94. The number of carboxylic acids is 1. The van der Waals surface area contributed by atoms with Crippen molar-refractivity contribution in [2.75, 3.05) is 13.7 Å². The molecule has 2 aliphatic rings. The van der Waals surface area contributed by atoms with Crippen LogP contribution >= 0.6 is 11.6 Å². The molecule has 5 rings (SSSR count). The van der Waals surface area contributed by atoms with Crippen molar-refractivity contribution in [3.05, 3.63) is 106 Å². The van der Waals surface area contributed by atoms with Gasteiger partial charge < -0.3 is 41.3 Å². The molecule has 0 radical (unpaired) electrons. The number of carbonyl (C=O) groups is 5. The largest absolute Gasteiger partial charge is 0.508 e. The van der Waals surface area contributed by atoms with E-state index in [2.05, 4.69) is 10.1 Å². The molecular formula is C34H38ClN3O11. The molecule has 0 aliphatic carbocycles. The van der Waals surface area contributed by atoms with Crippen molar-refractivity contribution in [3.63, 3.8) is 0 Å². The van der Waals surface area contributed by atoms with Gasteiger partial charge in [0.05, 0.1) is 30.9 Å². The van der Waals surface area contributed by atoms with Crippen LogP contribution in [0.25, 0.3) is 0 Å². The van der Waals surface area contributed by atoms with Gasteiger partial charge in [0.15, 0.2) is 0 Å². The average molecular weight is 700 g/mol. The maximum Gasteiger partial charge on any atom is 0.353 e. The van der Waals surface area contributed by atoms with Crippen molar-refractivity contribution in [2.45, 2.75) is 44.3 Å². The van der Waals surface area contributed by atoms with E-state index < -0.39 is 41.9 Å². The Morgan fingerprint density at radius 1 is 0.939 bits per heavy atom. The van der Waals surface area contributed by atoms with Crippen LogP contribution in [0.15, 0.2) is 89.6 Å². The van der Waals surface area contributed by atoms with Gasteiger partial charge in [-0.15, -0.1) is 0 Å². The number of nitrogens with one attached hydrogen (secondary N) is 1. The number of aromatic hydroxyl groups is 2. The van der Waals surface area contributed by atoms with Crippen LogP contribution in [0.1, 0.15) is 58.5 Å². The zero-order valence-corrected chi connectivity index (χ0v) is 27.4. The normalized spacial score (nSPS) is 16.4. The van der Waals surface area contributed by atoms with Gasteiger partial charge >= 0.3 is 17.9 Å². The summed E-state index contributed by atoms with van der Waals surface area (Å²) in [4.78, 5) is 59.0. The van der Waals surface area contributed by atoms with E-state index in [0.29, 0.717) is 36.1 Å². The number of esters is 2. The molecule has 15 heteroatoms. The number of nitrogens with two attached hydrogens (primary N) is 1. The summed E-state index contributed by atoms with van der Waals surface area (Å²) in [6, 6.07) is 18.6. The number of hydrogen-bond acceptors (Lipinski definition) is 10. The molecule has 0 spiro atoms. The zero-order valence-electron chi connectivity index (χ0n) is 26.7. The maximum absolute atomic E-state index is 12.3. The van der Waals surface area contributed by atoms with Crippen molar-refractivity contribution in [3.8, 4) is 11.5 Å². The first-order chi connectivity index (χ1) is 22.9. The number of aliphatic carboxylic acids is 1. The predicted molar refractivity (Wildman–Crippen MR) is 177 cm³/mol. The van der Waals surface area contributed by atoms with Gasteiger partial charge in [-0.2, -0.15) is 0 Å². The van der Waals surface area contributed by atoms with E-state index in [0.717, 1.165) is 11.3 Å². The Balaban J connectivity index is 0.000000282. The summed E-state index contributed by atoms with van der Waals surface area (Å²) in [7, 11) is 1.31. The Labute approximate surface area is 287 Å². The minimum atomic E-state index is -1.25. The predicted octanol–water partition coefficient (Wildman–Crippen LogP) is 3.02. The number of ether oxygens (including phenoxy) is 2. The summed E-state index contributed by atoms with van der Waals surface area (Å²) in [5.74, 6) is -2.67. The Morgan fingerprint density at radius 3 is 1.96 bits per heavy atom. The summed E-state index contributed by atoms with van der Waals surface area (Å²) < 4.78 is 9.35. The van der Waals surface area contributed by atoms with Gasteiger partial charge in [-0.1, -0.05) is 48.9 Å². The highest BCUT2D eigenvalue weighted by atomic mass is 35.5. The monoisotopic (exact) mass is 699 g/mol. The fourth-order valence-electron chi connectivity index (χ4n) is 4.66. The number of hydrogen-bond donors (Lipinski definition) is 5. The number of β-lactam (4-membered cyclic amide) rings is 1. The van der Waals surface area contributed by atoms with E-state index in [1.54, 1.807) is 24.3 Å². The van der Waals surface area contributed by atoms with Crippen molar-refractivity contribution >= 4 is 41.3 Å². The molecule has 0 aromatic heterocycles. The first-order valence-corrected chi connectivity index (χ1v) is 15.2. The fraction of sp³-hybridized carbons (Fsp3) is 0.265. The van der Waals surface area contributed by atoms with E-state index in [1.165, 1.54) is 55.6 Å². The van der Waals surface area contributed by atoms with Gasteiger partial charge in [0.2, 0.25) is 5.91 Å². The lowest BCUT2D eigenvalue weighted by Crippen LogP contribution is -2.72. The number of amides is 2. The third kappa shape index (κ3) is 10.5. The van der Waals surface area contributed by atoms with Crippen LogP contribution in [-0.4, -0.2) is 81.2 Å². The van der Waals surface area contributed by atoms with Crippen LogP contribution < -0.4 is 11.1 Å². The topological polar surface area (TPSA) is 237 Å². The molecule has 1 fully saturated rings. The summed E-state index contributed by atoms with van der Waals surface area (Å²) in [6.45, 7) is 2.36. The summed E-state index contributed by atoms with van der Waals surface area (Å²) >= 11 is 5.92. The van der Waals surface area contributed by atoms with Crippen LogP contribution in [0, 0.1) is 0 Å². The Kier molecular flexibility index (Phi) is 15.2. The minimum absolute atomic E-state index is 0. The van der Waals surface area contributed by atoms with Crippen molar-refractivity contribution < 1.29 is 54.2 Å². The summed E-state index contributed by atoms with van der Waals surface area (Å²) in [5.41, 5.74) is 7.25.